The van der Waals surface area contributed by atoms with Crippen LogP contribution in [-0.4, -0.2) is 41.3 Å². The molecule has 0 aromatic heterocycles. The van der Waals surface area contributed by atoms with E-state index in [1.807, 2.05) is 0 Å². The highest BCUT2D eigenvalue weighted by molar-refractivity contribution is 6.10. The van der Waals surface area contributed by atoms with Crippen LogP contribution in [0.1, 0.15) is 18.9 Å². The highest BCUT2D eigenvalue weighted by Gasteiger charge is 2.51. The van der Waals surface area contributed by atoms with Crippen LogP contribution in [0.15, 0.2) is 48.5 Å². The number of rotatable bonds is 6. The van der Waals surface area contributed by atoms with Crippen LogP contribution in [0.2, 0.25) is 0 Å². The molecule has 1 atom stereocenters. The van der Waals surface area contributed by atoms with Gasteiger partial charge in [-0.3, -0.25) is 24.6 Å². The first-order valence-corrected chi connectivity index (χ1v) is 9.10. The van der Waals surface area contributed by atoms with E-state index in [1.165, 1.54) is 60.5 Å². The van der Waals surface area contributed by atoms with Crippen molar-refractivity contribution in [3.05, 3.63) is 70.0 Å². The molecule has 0 saturated carbocycles. The Morgan fingerprint density at radius 1 is 1.17 bits per heavy atom. The van der Waals surface area contributed by atoms with Crippen molar-refractivity contribution in [1.82, 2.24) is 10.2 Å². The first-order chi connectivity index (χ1) is 14.2. The van der Waals surface area contributed by atoms with Crippen molar-refractivity contribution in [2.75, 3.05) is 18.5 Å². The van der Waals surface area contributed by atoms with Gasteiger partial charge in [0.15, 0.2) is 0 Å². The summed E-state index contributed by atoms with van der Waals surface area (Å²) >= 11 is 0. The van der Waals surface area contributed by atoms with Crippen molar-refractivity contribution < 1.29 is 23.7 Å². The quantitative estimate of drug-likeness (QED) is 0.443. The van der Waals surface area contributed by atoms with Crippen molar-refractivity contribution >= 4 is 29.2 Å². The third-order valence-corrected chi connectivity index (χ3v) is 5.16. The number of benzene rings is 2. The predicted molar refractivity (Wildman–Crippen MR) is 105 cm³/mol. The highest BCUT2D eigenvalue weighted by Crippen LogP contribution is 2.32. The molecule has 1 aliphatic rings. The zero-order chi connectivity index (χ0) is 22.1. The van der Waals surface area contributed by atoms with Gasteiger partial charge < -0.3 is 10.2 Å². The average Bonchev–Trinajstić information content (AvgIpc) is 2.98. The van der Waals surface area contributed by atoms with Crippen molar-refractivity contribution in [3.63, 3.8) is 0 Å². The third kappa shape index (κ3) is 3.59. The maximum atomic E-state index is 13.3. The molecule has 30 heavy (non-hydrogen) atoms. The molecule has 156 valence electrons. The maximum Gasteiger partial charge on any atom is 0.325 e. The van der Waals surface area contributed by atoms with Gasteiger partial charge in [-0.15, -0.1) is 0 Å². The van der Waals surface area contributed by atoms with Crippen LogP contribution < -0.4 is 10.2 Å². The minimum Gasteiger partial charge on any atom is -0.319 e. The fourth-order valence-electron chi connectivity index (χ4n) is 3.33. The van der Waals surface area contributed by atoms with Gasteiger partial charge in [0.05, 0.1) is 4.92 Å². The van der Waals surface area contributed by atoms with Gasteiger partial charge in [-0.05, 0) is 36.2 Å². The molecule has 0 bridgehead atoms. The van der Waals surface area contributed by atoms with Crippen molar-refractivity contribution in [2.24, 2.45) is 0 Å². The molecule has 9 nitrogen and oxygen atoms in total. The molecule has 2 aromatic rings. The Hall–Kier alpha value is -3.82. The fourth-order valence-corrected chi connectivity index (χ4v) is 3.33. The summed E-state index contributed by atoms with van der Waals surface area (Å²) in [6.07, 6.45) is 0.214. The highest BCUT2D eigenvalue weighted by atomic mass is 19.1. The fraction of sp³-hybridized carbons (Fsp3) is 0.250. The number of anilines is 1. The van der Waals surface area contributed by atoms with Gasteiger partial charge in [0.1, 0.15) is 17.9 Å². The van der Waals surface area contributed by atoms with Gasteiger partial charge in [0.2, 0.25) is 5.91 Å². The van der Waals surface area contributed by atoms with Gasteiger partial charge in [-0.1, -0.05) is 19.1 Å². The Kier molecular flexibility index (Phi) is 5.50. The minimum atomic E-state index is -1.38. The molecular weight excluding hydrogens is 395 g/mol. The molecule has 3 rings (SSSR count). The number of carbonyl (C=O) groups is 3. The van der Waals surface area contributed by atoms with Crippen LogP contribution in [0.5, 0.6) is 0 Å². The lowest BCUT2D eigenvalue weighted by Crippen LogP contribution is -2.45. The SMILES string of the molecule is CCC1(c2ccc(F)cc2)NC(=O)N(CC(=O)N(C)c2ccc([N+](=O)[O-])cc2)C1=O. The number of nitro benzene ring substituents is 1. The van der Waals surface area contributed by atoms with E-state index in [9.17, 15) is 28.9 Å². The van der Waals surface area contributed by atoms with Crippen LogP contribution >= 0.6 is 0 Å². The van der Waals surface area contributed by atoms with Gasteiger partial charge in [-0.2, -0.15) is 0 Å². The standard InChI is InChI=1S/C20H19FN4O5/c1-3-20(13-4-6-14(21)7-5-13)18(27)24(19(28)22-20)12-17(26)23(2)15-8-10-16(11-9-15)25(29)30/h4-11H,3,12H2,1-2H3,(H,22,28). The Labute approximate surface area is 171 Å². The van der Waals surface area contributed by atoms with Gasteiger partial charge >= 0.3 is 6.03 Å². The second-order valence-electron chi connectivity index (χ2n) is 6.81. The molecule has 4 amide bonds. The van der Waals surface area contributed by atoms with E-state index in [0.29, 0.717) is 11.3 Å². The Bertz CT molecular complexity index is 1010. The topological polar surface area (TPSA) is 113 Å². The van der Waals surface area contributed by atoms with E-state index in [-0.39, 0.29) is 12.1 Å². The molecule has 1 saturated heterocycles. The van der Waals surface area contributed by atoms with Crippen LogP contribution in [0.25, 0.3) is 0 Å². The molecule has 1 aliphatic heterocycles. The number of hydrogen-bond donors (Lipinski definition) is 1. The lowest BCUT2D eigenvalue weighted by molar-refractivity contribution is -0.384. The van der Waals surface area contributed by atoms with Crippen LogP contribution in [0, 0.1) is 15.9 Å². The van der Waals surface area contributed by atoms with E-state index in [2.05, 4.69) is 5.32 Å². The number of urea groups is 1. The second kappa shape index (κ2) is 7.90. The molecule has 1 N–H and O–H groups in total. The molecule has 2 aromatic carbocycles. The Balaban J connectivity index is 1.79. The summed E-state index contributed by atoms with van der Waals surface area (Å²) in [5.74, 6) is -1.64. The Morgan fingerprint density at radius 2 is 1.77 bits per heavy atom. The summed E-state index contributed by atoms with van der Waals surface area (Å²) in [7, 11) is 1.44. The summed E-state index contributed by atoms with van der Waals surface area (Å²) in [4.78, 5) is 50.4. The first-order valence-electron chi connectivity index (χ1n) is 9.10. The number of carbonyl (C=O) groups excluding carboxylic acids is 3. The number of non-ortho nitro benzene ring substituents is 1. The smallest absolute Gasteiger partial charge is 0.319 e. The second-order valence-corrected chi connectivity index (χ2v) is 6.81. The number of amides is 4. The molecule has 1 unspecified atom stereocenters. The van der Waals surface area contributed by atoms with Crippen molar-refractivity contribution in [1.29, 1.82) is 0 Å². The normalized spacial score (nSPS) is 18.3. The predicted octanol–water partition coefficient (Wildman–Crippen LogP) is 2.55. The molecule has 10 heteroatoms. The summed E-state index contributed by atoms with van der Waals surface area (Å²) < 4.78 is 13.3. The van der Waals surface area contributed by atoms with Gasteiger partial charge in [-0.25, -0.2) is 9.18 Å². The average molecular weight is 414 g/mol. The van der Waals surface area contributed by atoms with Crippen LogP contribution in [0.4, 0.5) is 20.6 Å². The molecular formula is C20H19FN4O5. The number of nitrogens with zero attached hydrogens (tertiary/aromatic N) is 3. The molecule has 1 heterocycles. The van der Waals surface area contributed by atoms with Gasteiger partial charge in [0, 0.05) is 24.9 Å². The summed E-state index contributed by atoms with van der Waals surface area (Å²) in [5, 5.41) is 13.4. The summed E-state index contributed by atoms with van der Waals surface area (Å²) in [6, 6.07) is 9.82. The number of halogens is 1. The van der Waals surface area contributed by atoms with E-state index in [0.717, 1.165) is 4.90 Å². The summed E-state index contributed by atoms with van der Waals surface area (Å²) in [5.41, 5.74) is -0.709. The molecule has 0 radical (unpaired) electrons. The zero-order valence-electron chi connectivity index (χ0n) is 16.3. The largest absolute Gasteiger partial charge is 0.325 e. The Morgan fingerprint density at radius 3 is 2.30 bits per heavy atom. The lowest BCUT2D eigenvalue weighted by Gasteiger charge is -2.26. The lowest BCUT2D eigenvalue weighted by atomic mass is 9.87. The zero-order valence-corrected chi connectivity index (χ0v) is 16.3. The monoisotopic (exact) mass is 414 g/mol. The van der Waals surface area contributed by atoms with E-state index >= 15 is 0 Å². The molecule has 1 fully saturated rings. The number of nitrogens with one attached hydrogen (secondary N) is 1. The van der Waals surface area contributed by atoms with E-state index in [1.54, 1.807) is 6.92 Å². The van der Waals surface area contributed by atoms with Gasteiger partial charge in [0.25, 0.3) is 11.6 Å². The number of hydrogen-bond acceptors (Lipinski definition) is 5. The van der Waals surface area contributed by atoms with Crippen molar-refractivity contribution in [2.45, 2.75) is 18.9 Å². The molecule has 0 aliphatic carbocycles. The van der Waals surface area contributed by atoms with E-state index in [4.69, 9.17) is 0 Å². The molecule has 0 spiro atoms. The van der Waals surface area contributed by atoms with Crippen LogP contribution in [-0.2, 0) is 15.1 Å². The van der Waals surface area contributed by atoms with E-state index < -0.39 is 40.7 Å². The number of imide groups is 1. The maximum absolute atomic E-state index is 13.3. The van der Waals surface area contributed by atoms with Crippen LogP contribution in [0.3, 0.4) is 0 Å². The third-order valence-electron chi connectivity index (χ3n) is 5.16. The minimum absolute atomic E-state index is 0.124. The first kappa shape index (κ1) is 20.9. The summed E-state index contributed by atoms with van der Waals surface area (Å²) in [6.45, 7) is 1.19. The van der Waals surface area contributed by atoms with Crippen molar-refractivity contribution in [3.8, 4) is 0 Å². The number of likely N-dealkylation sites (N-methyl/N-ethyl adjacent to an activating group) is 1. The number of nitro groups is 1.